The lowest BCUT2D eigenvalue weighted by atomic mass is 9.70. The Labute approximate surface area is 169 Å². The Morgan fingerprint density at radius 3 is 2.46 bits per heavy atom. The van der Waals surface area contributed by atoms with Crippen LogP contribution in [0.1, 0.15) is 42.2 Å². The standard InChI is InChI=1S/C23H16BrF3O/c1-22(2)19-14(8-5-9-16(19)24)17-12-6-3-4-7-13(12)21-18(20(17)22)15(10-11-28-21)23(25,26)27/h3-11,21H,1-2H3. The van der Waals surface area contributed by atoms with Gasteiger partial charge in [-0.25, -0.2) is 0 Å². The molecule has 2 aromatic carbocycles. The molecule has 5 rings (SSSR count). The van der Waals surface area contributed by atoms with E-state index in [1.165, 1.54) is 6.26 Å². The van der Waals surface area contributed by atoms with Gasteiger partial charge in [0.15, 0.2) is 0 Å². The van der Waals surface area contributed by atoms with Crippen molar-refractivity contribution in [3.05, 3.63) is 98.2 Å². The summed E-state index contributed by atoms with van der Waals surface area (Å²) in [6.07, 6.45) is -2.99. The Balaban J connectivity index is 1.96. The zero-order valence-corrected chi connectivity index (χ0v) is 16.8. The minimum absolute atomic E-state index is 0.233. The summed E-state index contributed by atoms with van der Waals surface area (Å²) in [5.41, 5.74) is 4.29. The first kappa shape index (κ1) is 17.8. The van der Waals surface area contributed by atoms with Crippen molar-refractivity contribution in [1.29, 1.82) is 0 Å². The van der Waals surface area contributed by atoms with E-state index in [-0.39, 0.29) is 5.57 Å². The lowest BCUT2D eigenvalue weighted by Gasteiger charge is -2.38. The predicted octanol–water partition coefficient (Wildman–Crippen LogP) is 7.00. The third kappa shape index (κ3) is 2.20. The van der Waals surface area contributed by atoms with Crippen LogP contribution >= 0.6 is 15.9 Å². The fourth-order valence-electron chi connectivity index (χ4n) is 4.87. The van der Waals surface area contributed by atoms with E-state index in [4.69, 9.17) is 4.74 Å². The van der Waals surface area contributed by atoms with Gasteiger partial charge in [0.1, 0.15) is 6.10 Å². The molecule has 2 aliphatic carbocycles. The molecule has 1 aliphatic heterocycles. The minimum Gasteiger partial charge on any atom is -0.489 e. The third-order valence-electron chi connectivity index (χ3n) is 5.87. The monoisotopic (exact) mass is 444 g/mol. The zero-order valence-electron chi connectivity index (χ0n) is 15.2. The van der Waals surface area contributed by atoms with Gasteiger partial charge in [0.05, 0.1) is 11.8 Å². The minimum atomic E-state index is -4.46. The second-order valence-corrected chi connectivity index (χ2v) is 8.62. The molecule has 1 heterocycles. The summed E-state index contributed by atoms with van der Waals surface area (Å²) in [6, 6.07) is 13.5. The number of fused-ring (bicyclic) bond motifs is 7. The SMILES string of the molecule is CC1(C)C2=C(c3ccccc3C3OC=CC(C(F)(F)F)=C23)c2cccc(Br)c21. The molecule has 142 valence electrons. The maximum Gasteiger partial charge on any atom is 0.416 e. The molecule has 2 aromatic rings. The van der Waals surface area contributed by atoms with Gasteiger partial charge in [0.25, 0.3) is 0 Å². The van der Waals surface area contributed by atoms with E-state index in [0.717, 1.165) is 38.4 Å². The Morgan fingerprint density at radius 1 is 1.00 bits per heavy atom. The number of benzene rings is 2. The van der Waals surface area contributed by atoms with E-state index in [1.807, 2.05) is 56.3 Å². The average molecular weight is 445 g/mol. The Kier molecular flexibility index (Phi) is 3.58. The number of allylic oxidation sites excluding steroid dienone is 2. The van der Waals surface area contributed by atoms with E-state index >= 15 is 0 Å². The fraction of sp³-hybridized carbons (Fsp3) is 0.217. The molecule has 0 N–H and O–H groups in total. The number of rotatable bonds is 0. The summed E-state index contributed by atoms with van der Waals surface area (Å²) < 4.78 is 48.7. The van der Waals surface area contributed by atoms with Crippen molar-refractivity contribution in [2.75, 3.05) is 0 Å². The van der Waals surface area contributed by atoms with Crippen LogP contribution in [0.15, 0.2) is 76.0 Å². The van der Waals surface area contributed by atoms with Crippen molar-refractivity contribution in [3.63, 3.8) is 0 Å². The van der Waals surface area contributed by atoms with Crippen LogP contribution in [-0.4, -0.2) is 6.18 Å². The molecule has 1 unspecified atom stereocenters. The average Bonchev–Trinajstić information content (AvgIpc) is 2.89. The molecule has 3 aliphatic rings. The third-order valence-corrected chi connectivity index (χ3v) is 6.53. The number of hydrogen-bond donors (Lipinski definition) is 0. The van der Waals surface area contributed by atoms with Gasteiger partial charge in [-0.3, -0.25) is 0 Å². The normalized spacial score (nSPS) is 21.7. The van der Waals surface area contributed by atoms with Gasteiger partial charge >= 0.3 is 6.18 Å². The van der Waals surface area contributed by atoms with Gasteiger partial charge in [-0.15, -0.1) is 0 Å². The molecule has 1 nitrogen and oxygen atoms in total. The molecule has 0 saturated heterocycles. The molecule has 0 fully saturated rings. The molecule has 1 atom stereocenters. The Morgan fingerprint density at radius 2 is 1.71 bits per heavy atom. The second kappa shape index (κ2) is 5.63. The van der Waals surface area contributed by atoms with Crippen LogP contribution in [-0.2, 0) is 10.2 Å². The van der Waals surface area contributed by atoms with Gasteiger partial charge in [-0.05, 0) is 40.0 Å². The smallest absolute Gasteiger partial charge is 0.416 e. The Bertz CT molecular complexity index is 1120. The molecule has 5 heteroatoms. The van der Waals surface area contributed by atoms with E-state index < -0.39 is 23.3 Å². The van der Waals surface area contributed by atoms with E-state index in [9.17, 15) is 13.2 Å². The number of halogens is 4. The largest absolute Gasteiger partial charge is 0.489 e. The zero-order chi connectivity index (χ0) is 19.8. The summed E-state index contributed by atoms with van der Waals surface area (Å²) in [7, 11) is 0. The van der Waals surface area contributed by atoms with E-state index in [0.29, 0.717) is 5.57 Å². The maximum atomic E-state index is 14.0. The van der Waals surface area contributed by atoms with Crippen LogP contribution in [0.25, 0.3) is 5.57 Å². The maximum absolute atomic E-state index is 14.0. The summed E-state index contributed by atoms with van der Waals surface area (Å²) in [5, 5.41) is 0. The van der Waals surface area contributed by atoms with Gasteiger partial charge in [-0.2, -0.15) is 13.2 Å². The van der Waals surface area contributed by atoms with Crippen molar-refractivity contribution in [2.45, 2.75) is 31.5 Å². The van der Waals surface area contributed by atoms with Crippen LogP contribution in [0.2, 0.25) is 0 Å². The van der Waals surface area contributed by atoms with E-state index in [2.05, 4.69) is 15.9 Å². The van der Waals surface area contributed by atoms with Crippen LogP contribution in [0.5, 0.6) is 0 Å². The molecule has 0 radical (unpaired) electrons. The van der Waals surface area contributed by atoms with Crippen LogP contribution in [0.3, 0.4) is 0 Å². The summed E-state index contributed by atoms with van der Waals surface area (Å²) >= 11 is 3.63. The number of hydrogen-bond acceptors (Lipinski definition) is 1. The van der Waals surface area contributed by atoms with Gasteiger partial charge < -0.3 is 4.74 Å². The number of alkyl halides is 3. The van der Waals surface area contributed by atoms with Gasteiger partial charge in [0, 0.05) is 21.0 Å². The van der Waals surface area contributed by atoms with Gasteiger partial charge in [-0.1, -0.05) is 66.2 Å². The van der Waals surface area contributed by atoms with E-state index in [1.54, 1.807) is 0 Å². The highest BCUT2D eigenvalue weighted by molar-refractivity contribution is 9.10. The second-order valence-electron chi connectivity index (χ2n) is 7.77. The lowest BCUT2D eigenvalue weighted by Crippen LogP contribution is -2.29. The van der Waals surface area contributed by atoms with Crippen molar-refractivity contribution < 1.29 is 17.9 Å². The molecule has 0 saturated carbocycles. The first-order chi connectivity index (χ1) is 13.2. The van der Waals surface area contributed by atoms with Crippen LogP contribution < -0.4 is 0 Å². The first-order valence-corrected chi connectivity index (χ1v) is 9.79. The van der Waals surface area contributed by atoms with Crippen LogP contribution in [0.4, 0.5) is 13.2 Å². The summed E-state index contributed by atoms with van der Waals surface area (Å²) in [4.78, 5) is 0. The fourth-order valence-corrected chi connectivity index (χ4v) is 5.73. The van der Waals surface area contributed by atoms with Crippen molar-refractivity contribution in [3.8, 4) is 0 Å². The highest BCUT2D eigenvalue weighted by Gasteiger charge is 2.51. The molecule has 0 amide bonds. The topological polar surface area (TPSA) is 9.23 Å². The quantitative estimate of drug-likeness (QED) is 0.424. The van der Waals surface area contributed by atoms with Crippen molar-refractivity contribution in [2.24, 2.45) is 0 Å². The molecule has 0 aromatic heterocycles. The molecular weight excluding hydrogens is 429 g/mol. The highest BCUT2D eigenvalue weighted by Crippen LogP contribution is 2.61. The Hall–Kier alpha value is -2.27. The molecular formula is C23H16BrF3O. The summed E-state index contributed by atoms with van der Waals surface area (Å²) in [6.45, 7) is 3.98. The summed E-state index contributed by atoms with van der Waals surface area (Å²) in [5.74, 6) is 0. The molecule has 0 bridgehead atoms. The molecule has 0 spiro atoms. The lowest BCUT2D eigenvalue weighted by molar-refractivity contribution is -0.0911. The van der Waals surface area contributed by atoms with Crippen molar-refractivity contribution >= 4 is 21.5 Å². The highest BCUT2D eigenvalue weighted by atomic mass is 79.9. The predicted molar refractivity (Wildman–Crippen MR) is 106 cm³/mol. The van der Waals surface area contributed by atoms with Gasteiger partial charge in [0.2, 0.25) is 0 Å². The van der Waals surface area contributed by atoms with Crippen molar-refractivity contribution in [1.82, 2.24) is 0 Å². The first-order valence-electron chi connectivity index (χ1n) is 9.00. The molecule has 28 heavy (non-hydrogen) atoms. The number of ether oxygens (including phenoxy) is 1. The van der Waals surface area contributed by atoms with Crippen LogP contribution in [0, 0.1) is 0 Å².